The van der Waals surface area contributed by atoms with Gasteiger partial charge in [0.1, 0.15) is 5.82 Å². The van der Waals surface area contributed by atoms with Crippen molar-refractivity contribution in [1.29, 1.82) is 0 Å². The normalized spacial score (nSPS) is 11.5. The lowest BCUT2D eigenvalue weighted by Crippen LogP contribution is -1.97. The number of pyridine rings is 1. The summed E-state index contributed by atoms with van der Waals surface area (Å²) in [4.78, 5) is 12.2. The summed E-state index contributed by atoms with van der Waals surface area (Å²) in [6, 6.07) is 2.01. The lowest BCUT2D eigenvalue weighted by molar-refractivity contribution is 0.610. The summed E-state index contributed by atoms with van der Waals surface area (Å²) in [5.74, 6) is 1.61. The molecule has 0 bridgehead atoms. The van der Waals surface area contributed by atoms with Crippen molar-refractivity contribution in [1.82, 2.24) is 15.0 Å². The maximum Gasteiger partial charge on any atom is 0.177 e. The zero-order chi connectivity index (χ0) is 10.8. The predicted molar refractivity (Wildman–Crippen MR) is 61.9 cm³/mol. The van der Waals surface area contributed by atoms with Gasteiger partial charge in [0.25, 0.3) is 0 Å². The summed E-state index contributed by atoms with van der Waals surface area (Å²) in [6.07, 6.45) is 4.06. The minimum atomic E-state index is 0.526. The molecular formula is C12H17N3. The van der Waals surface area contributed by atoms with Gasteiger partial charge in [-0.25, -0.2) is 9.97 Å². The van der Waals surface area contributed by atoms with Crippen LogP contribution in [-0.4, -0.2) is 15.0 Å². The fraction of sp³-hybridized carbons (Fsp3) is 0.500. The van der Waals surface area contributed by atoms with E-state index in [0.29, 0.717) is 5.92 Å². The first kappa shape index (κ1) is 10.1. The molecule has 3 nitrogen and oxygen atoms in total. The van der Waals surface area contributed by atoms with E-state index in [1.807, 2.05) is 12.3 Å². The summed E-state index contributed by atoms with van der Waals surface area (Å²) in [5.41, 5.74) is 3.14. The van der Waals surface area contributed by atoms with Gasteiger partial charge >= 0.3 is 0 Å². The van der Waals surface area contributed by atoms with Gasteiger partial charge in [0.05, 0.1) is 5.52 Å². The molecule has 0 radical (unpaired) electrons. The molecule has 0 aliphatic rings. The Morgan fingerprint density at radius 1 is 1.33 bits per heavy atom. The van der Waals surface area contributed by atoms with Gasteiger partial charge in [0.15, 0.2) is 5.65 Å². The van der Waals surface area contributed by atoms with Gasteiger partial charge in [0.2, 0.25) is 0 Å². The maximum absolute atomic E-state index is 4.55. The van der Waals surface area contributed by atoms with Crippen LogP contribution in [0.15, 0.2) is 12.3 Å². The molecule has 0 amide bonds. The number of H-pyrrole nitrogens is 1. The van der Waals surface area contributed by atoms with Crippen LogP contribution < -0.4 is 0 Å². The molecule has 0 aliphatic heterocycles. The first-order valence-corrected chi connectivity index (χ1v) is 5.57. The van der Waals surface area contributed by atoms with E-state index in [-0.39, 0.29) is 0 Å². The Morgan fingerprint density at radius 2 is 2.07 bits per heavy atom. The minimum Gasteiger partial charge on any atom is -0.340 e. The molecule has 0 aliphatic carbocycles. The maximum atomic E-state index is 4.55. The van der Waals surface area contributed by atoms with Gasteiger partial charge in [-0.05, 0) is 31.4 Å². The molecule has 15 heavy (non-hydrogen) atoms. The van der Waals surface area contributed by atoms with Gasteiger partial charge in [-0.2, -0.15) is 0 Å². The zero-order valence-electron chi connectivity index (χ0n) is 9.54. The number of aromatic amines is 1. The summed E-state index contributed by atoms with van der Waals surface area (Å²) < 4.78 is 0. The summed E-state index contributed by atoms with van der Waals surface area (Å²) in [5, 5.41) is 0. The Labute approximate surface area is 90.0 Å². The molecular weight excluding hydrogens is 186 g/mol. The first-order valence-electron chi connectivity index (χ1n) is 5.57. The van der Waals surface area contributed by atoms with Crippen LogP contribution in [0.5, 0.6) is 0 Å². The second kappa shape index (κ2) is 4.01. The van der Waals surface area contributed by atoms with Crippen LogP contribution in [0.3, 0.4) is 0 Å². The van der Waals surface area contributed by atoms with Crippen molar-refractivity contribution in [3.63, 3.8) is 0 Å². The molecule has 2 heterocycles. The fourth-order valence-electron chi connectivity index (χ4n) is 1.92. The number of aryl methyl sites for hydroxylation is 1. The predicted octanol–water partition coefficient (Wildman–Crippen LogP) is 3.17. The number of fused-ring (bicyclic) bond motifs is 1. The Balaban J connectivity index is 2.51. The van der Waals surface area contributed by atoms with Crippen LogP contribution in [0.2, 0.25) is 0 Å². The largest absolute Gasteiger partial charge is 0.340 e. The number of imidazole rings is 1. The van der Waals surface area contributed by atoms with Crippen molar-refractivity contribution in [3.8, 4) is 0 Å². The lowest BCUT2D eigenvalue weighted by atomic mass is 10.0. The molecule has 2 aromatic heterocycles. The number of nitrogens with zero attached hydrogens (tertiary/aromatic N) is 2. The van der Waals surface area contributed by atoms with E-state index in [1.165, 1.54) is 5.56 Å². The number of hydrogen-bond acceptors (Lipinski definition) is 2. The van der Waals surface area contributed by atoms with Gasteiger partial charge < -0.3 is 4.98 Å². The van der Waals surface area contributed by atoms with Crippen molar-refractivity contribution in [2.75, 3.05) is 0 Å². The standard InChI is InChI=1S/C12H17N3/c1-4-9(5-2)11-14-10-8(3)6-7-13-12(10)15-11/h6-7,9H,4-5H2,1-3H3,(H,13,14,15). The third-order valence-corrected chi connectivity index (χ3v) is 2.99. The van der Waals surface area contributed by atoms with E-state index >= 15 is 0 Å². The van der Waals surface area contributed by atoms with Crippen LogP contribution in [0.4, 0.5) is 0 Å². The van der Waals surface area contributed by atoms with Crippen molar-refractivity contribution >= 4 is 11.2 Å². The quantitative estimate of drug-likeness (QED) is 0.832. The average Bonchev–Trinajstić information content (AvgIpc) is 2.65. The molecule has 0 spiro atoms. The lowest BCUT2D eigenvalue weighted by Gasteiger charge is -2.07. The van der Waals surface area contributed by atoms with Gasteiger partial charge in [-0.3, -0.25) is 0 Å². The van der Waals surface area contributed by atoms with E-state index in [1.54, 1.807) is 0 Å². The number of rotatable bonds is 3. The number of aromatic nitrogens is 3. The molecule has 0 saturated heterocycles. The highest BCUT2D eigenvalue weighted by Gasteiger charge is 2.12. The highest BCUT2D eigenvalue weighted by molar-refractivity contribution is 5.74. The van der Waals surface area contributed by atoms with Crippen molar-refractivity contribution in [2.45, 2.75) is 39.5 Å². The van der Waals surface area contributed by atoms with Crippen LogP contribution >= 0.6 is 0 Å². The van der Waals surface area contributed by atoms with E-state index in [4.69, 9.17) is 0 Å². The van der Waals surface area contributed by atoms with Crippen LogP contribution in [0.25, 0.3) is 11.2 Å². The third kappa shape index (κ3) is 1.74. The molecule has 0 saturated carbocycles. The Bertz CT molecular complexity index is 455. The summed E-state index contributed by atoms with van der Waals surface area (Å²) in [6.45, 7) is 6.47. The average molecular weight is 203 g/mol. The van der Waals surface area contributed by atoms with Crippen molar-refractivity contribution in [2.24, 2.45) is 0 Å². The SMILES string of the molecule is CCC(CC)c1nc2nccc(C)c2[nH]1. The monoisotopic (exact) mass is 203 g/mol. The van der Waals surface area contributed by atoms with E-state index in [2.05, 4.69) is 35.7 Å². The van der Waals surface area contributed by atoms with Crippen LogP contribution in [-0.2, 0) is 0 Å². The summed E-state index contributed by atoms with van der Waals surface area (Å²) >= 11 is 0. The fourth-order valence-corrected chi connectivity index (χ4v) is 1.92. The highest BCUT2D eigenvalue weighted by atomic mass is 15.0. The van der Waals surface area contributed by atoms with Gasteiger partial charge in [-0.1, -0.05) is 13.8 Å². The molecule has 0 unspecified atom stereocenters. The molecule has 2 aromatic rings. The van der Waals surface area contributed by atoms with Crippen LogP contribution in [0.1, 0.15) is 44.0 Å². The third-order valence-electron chi connectivity index (χ3n) is 2.99. The van der Waals surface area contributed by atoms with E-state index < -0.39 is 0 Å². The number of nitrogens with one attached hydrogen (secondary N) is 1. The van der Waals surface area contributed by atoms with Crippen molar-refractivity contribution < 1.29 is 0 Å². The number of hydrogen-bond donors (Lipinski definition) is 1. The van der Waals surface area contributed by atoms with Gasteiger partial charge in [-0.15, -0.1) is 0 Å². The molecule has 3 heteroatoms. The van der Waals surface area contributed by atoms with Gasteiger partial charge in [0, 0.05) is 12.1 Å². The molecule has 80 valence electrons. The van der Waals surface area contributed by atoms with E-state index in [9.17, 15) is 0 Å². The molecule has 1 N–H and O–H groups in total. The van der Waals surface area contributed by atoms with E-state index in [0.717, 1.165) is 29.8 Å². The molecule has 0 atom stereocenters. The molecule has 2 rings (SSSR count). The Hall–Kier alpha value is -1.38. The van der Waals surface area contributed by atoms with Crippen molar-refractivity contribution in [3.05, 3.63) is 23.7 Å². The second-order valence-corrected chi connectivity index (χ2v) is 3.96. The smallest absolute Gasteiger partial charge is 0.177 e. The molecule has 0 aromatic carbocycles. The summed E-state index contributed by atoms with van der Waals surface area (Å²) in [7, 11) is 0. The van der Waals surface area contributed by atoms with Crippen LogP contribution in [0, 0.1) is 6.92 Å². The second-order valence-electron chi connectivity index (χ2n) is 3.96. The minimum absolute atomic E-state index is 0.526. The zero-order valence-corrected chi connectivity index (χ0v) is 9.54. The first-order chi connectivity index (χ1) is 7.26. The highest BCUT2D eigenvalue weighted by Crippen LogP contribution is 2.23. The topological polar surface area (TPSA) is 41.6 Å². The Kier molecular flexibility index (Phi) is 2.71. The molecule has 0 fully saturated rings. The Morgan fingerprint density at radius 3 is 2.67 bits per heavy atom.